The van der Waals surface area contributed by atoms with Crippen molar-refractivity contribution >= 4 is 17.7 Å². The molecule has 0 bridgehead atoms. The van der Waals surface area contributed by atoms with Gasteiger partial charge in [-0.05, 0) is 63.3 Å². The molecule has 0 unspecified atom stereocenters. The van der Waals surface area contributed by atoms with Crippen LogP contribution < -0.4 is 4.74 Å². The fraction of sp³-hybridized carbons (Fsp3) is 0.588. The minimum atomic E-state index is -0.454. The highest BCUT2D eigenvalue weighted by Gasteiger charge is 2.28. The highest BCUT2D eigenvalue weighted by atomic mass is 35.5. The van der Waals surface area contributed by atoms with Gasteiger partial charge in [0.1, 0.15) is 11.4 Å². The Morgan fingerprint density at radius 3 is 2.45 bits per heavy atom. The summed E-state index contributed by atoms with van der Waals surface area (Å²) in [7, 11) is 1.67. The Kier molecular flexibility index (Phi) is 5.22. The fourth-order valence-corrected chi connectivity index (χ4v) is 2.90. The van der Waals surface area contributed by atoms with E-state index in [2.05, 4.69) is 0 Å². The lowest BCUT2D eigenvalue weighted by Gasteiger charge is -2.34. The second kappa shape index (κ2) is 6.78. The zero-order valence-electron chi connectivity index (χ0n) is 13.7. The first-order valence-corrected chi connectivity index (χ1v) is 7.99. The normalized spacial score (nSPS) is 16.5. The molecule has 2 rings (SSSR count). The van der Waals surface area contributed by atoms with Gasteiger partial charge in [-0.25, -0.2) is 4.79 Å². The number of rotatable bonds is 2. The van der Waals surface area contributed by atoms with Crippen LogP contribution in [0.4, 0.5) is 4.79 Å². The summed E-state index contributed by atoms with van der Waals surface area (Å²) >= 11 is 6.10. The zero-order chi connectivity index (χ0) is 16.3. The van der Waals surface area contributed by atoms with Gasteiger partial charge < -0.3 is 14.4 Å². The van der Waals surface area contributed by atoms with E-state index in [0.717, 1.165) is 24.2 Å². The molecule has 0 aliphatic carbocycles. The van der Waals surface area contributed by atoms with E-state index in [9.17, 15) is 4.79 Å². The molecule has 122 valence electrons. The summed E-state index contributed by atoms with van der Waals surface area (Å²) in [4.78, 5) is 13.9. The summed E-state index contributed by atoms with van der Waals surface area (Å²) < 4.78 is 10.9. The van der Waals surface area contributed by atoms with Crippen molar-refractivity contribution in [1.29, 1.82) is 0 Å². The van der Waals surface area contributed by atoms with Crippen molar-refractivity contribution in [2.24, 2.45) is 0 Å². The molecule has 0 radical (unpaired) electrons. The van der Waals surface area contributed by atoms with E-state index in [1.165, 1.54) is 0 Å². The first-order valence-electron chi connectivity index (χ1n) is 7.61. The second-order valence-corrected chi connectivity index (χ2v) is 7.06. The van der Waals surface area contributed by atoms with Gasteiger partial charge in [0.2, 0.25) is 0 Å². The Morgan fingerprint density at radius 1 is 1.27 bits per heavy atom. The third kappa shape index (κ3) is 4.29. The number of carbonyl (C=O) groups is 1. The summed E-state index contributed by atoms with van der Waals surface area (Å²) in [5, 5.41) is 0.713. The highest BCUT2D eigenvalue weighted by Crippen LogP contribution is 2.36. The van der Waals surface area contributed by atoms with Gasteiger partial charge in [0.05, 0.1) is 7.11 Å². The van der Waals surface area contributed by atoms with E-state index in [1.54, 1.807) is 12.0 Å². The Hall–Kier alpha value is -1.42. The Balaban J connectivity index is 2.00. The van der Waals surface area contributed by atoms with Crippen molar-refractivity contribution in [3.8, 4) is 5.75 Å². The number of piperidine rings is 1. The summed E-state index contributed by atoms with van der Waals surface area (Å²) in [5.74, 6) is 1.22. The molecule has 1 aromatic rings. The summed E-state index contributed by atoms with van der Waals surface area (Å²) in [6.45, 7) is 7.03. The Bertz CT molecular complexity index is 531. The third-order valence-electron chi connectivity index (χ3n) is 3.78. The quantitative estimate of drug-likeness (QED) is 0.805. The number of ether oxygens (including phenoxy) is 2. The predicted octanol–water partition coefficient (Wildman–Crippen LogP) is 4.46. The lowest BCUT2D eigenvalue weighted by atomic mass is 9.89. The topological polar surface area (TPSA) is 38.8 Å². The molecule has 0 aromatic heterocycles. The van der Waals surface area contributed by atoms with Crippen LogP contribution in [0.25, 0.3) is 0 Å². The van der Waals surface area contributed by atoms with E-state index >= 15 is 0 Å². The number of carbonyl (C=O) groups excluding carboxylic acids is 1. The van der Waals surface area contributed by atoms with Crippen molar-refractivity contribution in [3.05, 3.63) is 28.8 Å². The molecular formula is C17H24ClNO3. The molecule has 0 spiro atoms. The molecular weight excluding hydrogens is 302 g/mol. The van der Waals surface area contributed by atoms with Crippen LogP contribution in [0.15, 0.2) is 18.2 Å². The van der Waals surface area contributed by atoms with Gasteiger partial charge in [-0.3, -0.25) is 0 Å². The monoisotopic (exact) mass is 325 g/mol. The largest absolute Gasteiger partial charge is 0.496 e. The van der Waals surface area contributed by atoms with E-state index in [0.29, 0.717) is 24.0 Å². The van der Waals surface area contributed by atoms with Crippen molar-refractivity contribution in [1.82, 2.24) is 4.90 Å². The average Bonchev–Trinajstić information content (AvgIpc) is 2.45. The number of likely N-dealkylation sites (tertiary alicyclic amines) is 1. The molecule has 1 aliphatic heterocycles. The smallest absolute Gasteiger partial charge is 0.410 e. The average molecular weight is 326 g/mol. The van der Waals surface area contributed by atoms with Gasteiger partial charge in [0, 0.05) is 18.1 Å². The molecule has 1 fully saturated rings. The fourth-order valence-electron chi connectivity index (χ4n) is 2.72. The standard InChI is InChI=1S/C17H24ClNO3/c1-17(2,3)22-16(20)19-9-7-12(8-10-19)14-11-13(18)5-6-15(14)21-4/h5-6,11-12H,7-10H2,1-4H3. The molecule has 0 atom stereocenters. The van der Waals surface area contributed by atoms with E-state index in [1.807, 2.05) is 39.0 Å². The highest BCUT2D eigenvalue weighted by molar-refractivity contribution is 6.30. The van der Waals surface area contributed by atoms with Crippen molar-refractivity contribution < 1.29 is 14.3 Å². The molecule has 4 nitrogen and oxygen atoms in total. The molecule has 1 heterocycles. The Morgan fingerprint density at radius 2 is 1.91 bits per heavy atom. The maximum Gasteiger partial charge on any atom is 0.410 e. The lowest BCUT2D eigenvalue weighted by Crippen LogP contribution is -2.41. The number of amides is 1. The van der Waals surface area contributed by atoms with Crippen molar-refractivity contribution in [3.63, 3.8) is 0 Å². The van der Waals surface area contributed by atoms with Gasteiger partial charge in [0.25, 0.3) is 0 Å². The van der Waals surface area contributed by atoms with Crippen molar-refractivity contribution in [2.45, 2.75) is 45.1 Å². The Labute approximate surface area is 137 Å². The molecule has 22 heavy (non-hydrogen) atoms. The molecule has 1 aromatic carbocycles. The van der Waals surface area contributed by atoms with Crippen molar-refractivity contribution in [2.75, 3.05) is 20.2 Å². The predicted molar refractivity (Wildman–Crippen MR) is 87.8 cm³/mol. The van der Waals surface area contributed by atoms with Crippen LogP contribution in [0, 0.1) is 0 Å². The number of nitrogens with zero attached hydrogens (tertiary/aromatic N) is 1. The third-order valence-corrected chi connectivity index (χ3v) is 4.01. The maximum absolute atomic E-state index is 12.1. The van der Waals surface area contributed by atoms with Crippen LogP contribution in [0.5, 0.6) is 5.75 Å². The van der Waals surface area contributed by atoms with Crippen LogP contribution >= 0.6 is 11.6 Å². The maximum atomic E-state index is 12.1. The number of hydrogen-bond acceptors (Lipinski definition) is 3. The molecule has 5 heteroatoms. The number of hydrogen-bond donors (Lipinski definition) is 0. The first-order chi connectivity index (χ1) is 10.3. The van der Waals surface area contributed by atoms with Crippen LogP contribution in [0.2, 0.25) is 5.02 Å². The molecule has 1 aliphatic rings. The molecule has 1 amide bonds. The molecule has 0 saturated carbocycles. The summed E-state index contributed by atoms with van der Waals surface area (Å²) in [6, 6.07) is 5.70. The van der Waals surface area contributed by atoms with Gasteiger partial charge in [-0.2, -0.15) is 0 Å². The van der Waals surface area contributed by atoms with Crippen LogP contribution in [-0.4, -0.2) is 36.8 Å². The summed E-state index contributed by atoms with van der Waals surface area (Å²) in [5.41, 5.74) is 0.670. The van der Waals surface area contributed by atoms with Gasteiger partial charge >= 0.3 is 6.09 Å². The molecule has 1 saturated heterocycles. The van der Waals surface area contributed by atoms with Gasteiger partial charge in [-0.15, -0.1) is 0 Å². The van der Waals surface area contributed by atoms with E-state index < -0.39 is 5.60 Å². The van der Waals surface area contributed by atoms with Crippen LogP contribution in [-0.2, 0) is 4.74 Å². The van der Waals surface area contributed by atoms with E-state index in [-0.39, 0.29) is 6.09 Å². The number of methoxy groups -OCH3 is 1. The van der Waals surface area contributed by atoms with Gasteiger partial charge in [0.15, 0.2) is 0 Å². The number of halogens is 1. The SMILES string of the molecule is COc1ccc(Cl)cc1C1CCN(C(=O)OC(C)(C)C)CC1. The number of benzene rings is 1. The minimum absolute atomic E-state index is 0.232. The first kappa shape index (κ1) is 16.9. The van der Waals surface area contributed by atoms with Crippen LogP contribution in [0.3, 0.4) is 0 Å². The zero-order valence-corrected chi connectivity index (χ0v) is 14.4. The summed E-state index contributed by atoms with van der Waals surface area (Å²) in [6.07, 6.45) is 1.54. The second-order valence-electron chi connectivity index (χ2n) is 6.63. The van der Waals surface area contributed by atoms with Gasteiger partial charge in [-0.1, -0.05) is 11.6 Å². The van der Waals surface area contributed by atoms with E-state index in [4.69, 9.17) is 21.1 Å². The molecule has 0 N–H and O–H groups in total. The van der Waals surface area contributed by atoms with Crippen LogP contribution in [0.1, 0.15) is 45.1 Å². The minimum Gasteiger partial charge on any atom is -0.496 e. The lowest BCUT2D eigenvalue weighted by molar-refractivity contribution is 0.0204.